The number of anilines is 1. The molecule has 0 aliphatic heterocycles. The fourth-order valence-electron chi connectivity index (χ4n) is 5.19. The van der Waals surface area contributed by atoms with Crippen molar-refractivity contribution in [3.63, 3.8) is 0 Å². The van der Waals surface area contributed by atoms with E-state index in [2.05, 4.69) is 14.5 Å². The van der Waals surface area contributed by atoms with E-state index in [0.717, 1.165) is 16.6 Å². The Balaban J connectivity index is 0.000000275. The van der Waals surface area contributed by atoms with Crippen LogP contribution in [0, 0.1) is 0 Å². The minimum atomic E-state index is -3.60. The Morgan fingerprint density at radius 1 is 0.712 bits per heavy atom. The number of carbonyl (C=O) groups excluding carboxylic acids is 2. The molecule has 5 rings (SSSR count). The number of aromatic nitrogens is 1. The van der Waals surface area contributed by atoms with Crippen LogP contribution in [0.15, 0.2) is 118 Å². The van der Waals surface area contributed by atoms with Crippen molar-refractivity contribution < 1.29 is 35.9 Å². The number of aromatic amines is 1. The van der Waals surface area contributed by atoms with Crippen LogP contribution in [0.5, 0.6) is 0 Å². The Kier molecular flexibility index (Phi) is 14.4. The van der Waals surface area contributed by atoms with Crippen molar-refractivity contribution in [1.29, 1.82) is 0 Å². The van der Waals surface area contributed by atoms with Crippen LogP contribution in [-0.4, -0.2) is 85.2 Å². The van der Waals surface area contributed by atoms with Gasteiger partial charge in [0.05, 0.1) is 34.7 Å². The fourth-order valence-corrected chi connectivity index (χ4v) is 8.03. The van der Waals surface area contributed by atoms with E-state index in [0.29, 0.717) is 42.6 Å². The maximum atomic E-state index is 12.9. The number of fused-ring (bicyclic) bond motifs is 1. The number of nitrogens with two attached hydrogens (primary N) is 1. The summed E-state index contributed by atoms with van der Waals surface area (Å²) in [6.07, 6.45) is 1.88. The molecule has 0 saturated carbocycles. The number of sulfone groups is 2. The molecule has 0 radical (unpaired) electrons. The smallest absolute Gasteiger partial charge is 0.409 e. The summed E-state index contributed by atoms with van der Waals surface area (Å²) >= 11 is 0. The SMILES string of the molecule is C.COC(=O)N(C)CCc1ccc(N)c(CS(=O)(=O)c2ccccc2)c1.COC(=O)N(C)CCc1ccc2[nH]cc(S(=O)(=O)c3ccccc3)c2c1. The zero-order valence-electron chi connectivity index (χ0n) is 28.9. The van der Waals surface area contributed by atoms with Crippen LogP contribution in [0.2, 0.25) is 0 Å². The number of likely N-dealkylation sites (N-methyl/N-ethyl adjacent to an activating group) is 2. The molecule has 14 heteroatoms. The number of carbonyl (C=O) groups is 2. The predicted molar refractivity (Wildman–Crippen MR) is 203 cm³/mol. The Bertz CT molecular complexity index is 2170. The summed E-state index contributed by atoms with van der Waals surface area (Å²) in [6, 6.07) is 27.6. The van der Waals surface area contributed by atoms with Gasteiger partial charge in [-0.2, -0.15) is 0 Å². The second-order valence-corrected chi connectivity index (χ2v) is 15.6. The van der Waals surface area contributed by atoms with Crippen LogP contribution < -0.4 is 5.73 Å². The van der Waals surface area contributed by atoms with Crippen molar-refractivity contribution >= 4 is 48.5 Å². The van der Waals surface area contributed by atoms with E-state index in [4.69, 9.17) is 5.73 Å². The third-order valence-electron chi connectivity index (χ3n) is 8.15. The van der Waals surface area contributed by atoms with Gasteiger partial charge in [-0.05, 0) is 72.0 Å². The first-order valence-electron chi connectivity index (χ1n) is 15.9. The van der Waals surface area contributed by atoms with Gasteiger partial charge in [-0.1, -0.05) is 62.0 Å². The van der Waals surface area contributed by atoms with E-state index in [1.165, 1.54) is 30.2 Å². The molecule has 1 heterocycles. The van der Waals surface area contributed by atoms with Crippen LogP contribution >= 0.6 is 0 Å². The van der Waals surface area contributed by atoms with Crippen molar-refractivity contribution in [3.05, 3.63) is 120 Å². The average Bonchev–Trinajstić information content (AvgIpc) is 3.58. The lowest BCUT2D eigenvalue weighted by Gasteiger charge is -2.16. The summed E-state index contributed by atoms with van der Waals surface area (Å²) in [5.41, 5.74) is 9.55. The maximum Gasteiger partial charge on any atom is 0.409 e. The Hall–Kier alpha value is -5.34. The highest BCUT2D eigenvalue weighted by Crippen LogP contribution is 2.29. The van der Waals surface area contributed by atoms with E-state index in [1.54, 1.807) is 86.9 Å². The third-order valence-corrected chi connectivity index (χ3v) is 11.6. The largest absolute Gasteiger partial charge is 0.453 e. The first kappa shape index (κ1) is 41.1. The van der Waals surface area contributed by atoms with Crippen LogP contribution in [0.1, 0.15) is 24.1 Å². The second kappa shape index (κ2) is 18.2. The molecule has 52 heavy (non-hydrogen) atoms. The van der Waals surface area contributed by atoms with Gasteiger partial charge in [0.25, 0.3) is 0 Å². The van der Waals surface area contributed by atoms with Crippen LogP contribution in [0.25, 0.3) is 10.9 Å². The van der Waals surface area contributed by atoms with Gasteiger partial charge in [0, 0.05) is 50.0 Å². The van der Waals surface area contributed by atoms with Gasteiger partial charge in [-0.3, -0.25) is 0 Å². The molecule has 278 valence electrons. The summed E-state index contributed by atoms with van der Waals surface area (Å²) in [4.78, 5) is 29.6. The maximum absolute atomic E-state index is 12.9. The molecule has 0 aliphatic carbocycles. The molecular weight excluding hydrogens is 705 g/mol. The number of amides is 2. The lowest BCUT2D eigenvalue weighted by Crippen LogP contribution is -2.28. The fraction of sp³-hybridized carbons (Fsp3) is 0.263. The summed E-state index contributed by atoms with van der Waals surface area (Å²) in [6.45, 7) is 0.935. The predicted octanol–water partition coefficient (Wildman–Crippen LogP) is 6.36. The highest BCUT2D eigenvalue weighted by atomic mass is 32.2. The summed E-state index contributed by atoms with van der Waals surface area (Å²) in [7, 11) is -1.10. The Morgan fingerprint density at radius 3 is 1.75 bits per heavy atom. The zero-order chi connectivity index (χ0) is 37.2. The van der Waals surface area contributed by atoms with Crippen molar-refractivity contribution in [2.45, 2.75) is 40.7 Å². The highest BCUT2D eigenvalue weighted by Gasteiger charge is 2.22. The molecule has 0 unspecified atom stereocenters. The number of nitrogens with one attached hydrogen (secondary N) is 1. The summed E-state index contributed by atoms with van der Waals surface area (Å²) in [5.74, 6) is -0.163. The molecule has 12 nitrogen and oxygen atoms in total. The average molecular weight is 751 g/mol. The molecule has 0 aliphatic rings. The van der Waals surface area contributed by atoms with Gasteiger partial charge in [-0.25, -0.2) is 26.4 Å². The number of nitrogens with zero attached hydrogens (tertiary/aromatic N) is 2. The Morgan fingerprint density at radius 2 is 1.21 bits per heavy atom. The van der Waals surface area contributed by atoms with E-state index in [-0.39, 0.29) is 27.9 Å². The van der Waals surface area contributed by atoms with Crippen molar-refractivity contribution in [2.24, 2.45) is 0 Å². The van der Waals surface area contributed by atoms with E-state index in [1.807, 2.05) is 24.3 Å². The zero-order valence-corrected chi connectivity index (χ0v) is 30.5. The van der Waals surface area contributed by atoms with Crippen molar-refractivity contribution in [1.82, 2.24) is 14.8 Å². The molecule has 0 fully saturated rings. The standard InChI is InChI=1S/C19H20N2O4S.C18H22N2O4S.CH4/c1-21(19(22)25-2)11-10-14-8-9-17-16(12-14)18(13-20-17)26(23,24)15-6-4-3-5-7-15;1-20(18(21)24-2)11-10-14-8-9-17(19)15(12-14)13-25(22,23)16-6-4-3-5-7-16;/h3-9,12-13,20H,10-11H2,1-2H3;3-9,12H,10-11,13,19H2,1-2H3;1H4. The van der Waals surface area contributed by atoms with E-state index < -0.39 is 31.9 Å². The molecular formula is C38H46N4O8S2. The van der Waals surface area contributed by atoms with E-state index >= 15 is 0 Å². The summed E-state index contributed by atoms with van der Waals surface area (Å²) in [5, 5.41) is 0.645. The third kappa shape index (κ3) is 10.4. The molecule has 0 spiro atoms. The van der Waals surface area contributed by atoms with Gasteiger partial charge in [-0.15, -0.1) is 0 Å². The number of benzene rings is 4. The molecule has 0 bridgehead atoms. The minimum absolute atomic E-state index is 0. The monoisotopic (exact) mass is 750 g/mol. The van der Waals surface area contributed by atoms with Gasteiger partial charge in [0.2, 0.25) is 9.84 Å². The second-order valence-electron chi connectivity index (χ2n) is 11.7. The van der Waals surface area contributed by atoms with Crippen LogP contribution in [0.3, 0.4) is 0 Å². The number of ether oxygens (including phenoxy) is 2. The number of nitrogen functional groups attached to an aromatic ring is 1. The lowest BCUT2D eigenvalue weighted by atomic mass is 10.1. The highest BCUT2D eigenvalue weighted by molar-refractivity contribution is 7.91. The molecule has 3 N–H and O–H groups in total. The summed E-state index contributed by atoms with van der Waals surface area (Å²) < 4.78 is 60.2. The Labute approximate surface area is 306 Å². The number of H-pyrrole nitrogens is 1. The van der Waals surface area contributed by atoms with Gasteiger partial charge in [0.1, 0.15) is 0 Å². The van der Waals surface area contributed by atoms with E-state index in [9.17, 15) is 26.4 Å². The molecule has 0 saturated heterocycles. The number of hydrogen-bond donors (Lipinski definition) is 2. The minimum Gasteiger partial charge on any atom is -0.453 e. The number of hydrogen-bond acceptors (Lipinski definition) is 9. The van der Waals surface area contributed by atoms with Gasteiger partial charge >= 0.3 is 12.2 Å². The molecule has 0 atom stereocenters. The topological polar surface area (TPSA) is 169 Å². The molecule has 5 aromatic rings. The van der Waals surface area contributed by atoms with Crippen molar-refractivity contribution in [3.8, 4) is 0 Å². The quantitative estimate of drug-likeness (QED) is 0.146. The molecule has 1 aromatic heterocycles. The molecule has 2 amide bonds. The lowest BCUT2D eigenvalue weighted by molar-refractivity contribution is 0.133. The van der Waals surface area contributed by atoms with Crippen LogP contribution in [0.4, 0.5) is 15.3 Å². The van der Waals surface area contributed by atoms with Crippen LogP contribution in [-0.2, 0) is 47.7 Å². The van der Waals surface area contributed by atoms with Gasteiger partial charge in [0.15, 0.2) is 9.84 Å². The normalized spacial score (nSPS) is 11.1. The number of methoxy groups -OCH3 is 2. The van der Waals surface area contributed by atoms with Gasteiger partial charge < -0.3 is 30.0 Å². The number of rotatable bonds is 11. The molecule has 4 aromatic carbocycles. The van der Waals surface area contributed by atoms with Crippen molar-refractivity contribution in [2.75, 3.05) is 47.1 Å². The first-order chi connectivity index (χ1) is 24.3. The first-order valence-corrected chi connectivity index (χ1v) is 19.0.